The fourth-order valence-electron chi connectivity index (χ4n) is 6.73. The van der Waals surface area contributed by atoms with E-state index in [0.717, 1.165) is 38.5 Å². The van der Waals surface area contributed by atoms with Crippen LogP contribution in [0.1, 0.15) is 72.1 Å². The van der Waals surface area contributed by atoms with Crippen LogP contribution < -0.4 is 0 Å². The number of aliphatic hydroxyl groups is 2. The standard InChI is InChI=1S/C20H34O2/c1-5-17(2)11-7-16-19(4)10-6-9-18(3,14-21)15(19)8-12-20(16,22)13-17/h5,15-16,21-22H,1,6-14H2,2-4H3/t15-,16+,17+,18+,19-,20+/m1/s1. The third-order valence-corrected chi connectivity index (χ3v) is 7.98. The maximum absolute atomic E-state index is 11.5. The van der Waals surface area contributed by atoms with E-state index in [0.29, 0.717) is 18.4 Å². The van der Waals surface area contributed by atoms with E-state index in [1.54, 1.807) is 0 Å². The second-order valence-electron chi connectivity index (χ2n) is 9.49. The van der Waals surface area contributed by atoms with Crippen molar-refractivity contribution in [2.24, 2.45) is 28.1 Å². The van der Waals surface area contributed by atoms with Gasteiger partial charge in [0.25, 0.3) is 0 Å². The average molecular weight is 306 g/mol. The molecule has 0 amide bonds. The van der Waals surface area contributed by atoms with Crippen LogP contribution in [0.2, 0.25) is 0 Å². The maximum Gasteiger partial charge on any atom is 0.0689 e. The molecule has 3 aliphatic carbocycles. The smallest absolute Gasteiger partial charge is 0.0689 e. The van der Waals surface area contributed by atoms with E-state index in [1.165, 1.54) is 12.8 Å². The minimum atomic E-state index is -0.528. The monoisotopic (exact) mass is 306 g/mol. The van der Waals surface area contributed by atoms with Crippen molar-refractivity contribution in [2.75, 3.05) is 6.61 Å². The Bertz CT molecular complexity index is 461. The lowest BCUT2D eigenvalue weighted by atomic mass is 9.42. The van der Waals surface area contributed by atoms with Gasteiger partial charge in [0, 0.05) is 6.61 Å². The summed E-state index contributed by atoms with van der Waals surface area (Å²) in [7, 11) is 0. The first-order valence-electron chi connectivity index (χ1n) is 9.18. The molecule has 0 aliphatic heterocycles. The first kappa shape index (κ1) is 16.5. The van der Waals surface area contributed by atoms with Crippen LogP contribution in [-0.4, -0.2) is 22.4 Å². The first-order valence-corrected chi connectivity index (χ1v) is 9.18. The van der Waals surface area contributed by atoms with Crippen LogP contribution in [0.4, 0.5) is 0 Å². The predicted molar refractivity (Wildman–Crippen MR) is 90.5 cm³/mol. The molecule has 3 rings (SSSR count). The van der Waals surface area contributed by atoms with Crippen LogP contribution in [0.15, 0.2) is 12.7 Å². The summed E-state index contributed by atoms with van der Waals surface area (Å²) in [6.45, 7) is 11.2. The van der Waals surface area contributed by atoms with Gasteiger partial charge in [-0.3, -0.25) is 0 Å². The zero-order valence-electron chi connectivity index (χ0n) is 14.7. The molecule has 3 saturated carbocycles. The summed E-state index contributed by atoms with van der Waals surface area (Å²) in [6.07, 6.45) is 10.7. The third-order valence-electron chi connectivity index (χ3n) is 7.98. The second-order valence-corrected chi connectivity index (χ2v) is 9.49. The summed E-state index contributed by atoms with van der Waals surface area (Å²) in [5.74, 6) is 0.940. The maximum atomic E-state index is 11.5. The molecule has 0 aromatic rings. The average Bonchev–Trinajstić information content (AvgIpc) is 2.46. The van der Waals surface area contributed by atoms with Gasteiger partial charge in [0.15, 0.2) is 0 Å². The fraction of sp³-hybridized carbons (Fsp3) is 0.900. The van der Waals surface area contributed by atoms with Crippen molar-refractivity contribution in [2.45, 2.75) is 77.7 Å². The van der Waals surface area contributed by atoms with E-state index in [-0.39, 0.29) is 16.2 Å². The van der Waals surface area contributed by atoms with Crippen LogP contribution in [0, 0.1) is 28.1 Å². The Morgan fingerprint density at radius 1 is 1.05 bits per heavy atom. The van der Waals surface area contributed by atoms with Crippen LogP contribution in [-0.2, 0) is 0 Å². The fourth-order valence-corrected chi connectivity index (χ4v) is 6.73. The molecular weight excluding hydrogens is 272 g/mol. The molecule has 126 valence electrons. The molecule has 0 saturated heterocycles. The van der Waals surface area contributed by atoms with E-state index < -0.39 is 5.60 Å². The van der Waals surface area contributed by atoms with Crippen molar-refractivity contribution in [3.8, 4) is 0 Å². The van der Waals surface area contributed by atoms with Gasteiger partial charge in [0.2, 0.25) is 0 Å². The summed E-state index contributed by atoms with van der Waals surface area (Å²) in [5, 5.41) is 21.5. The van der Waals surface area contributed by atoms with Gasteiger partial charge >= 0.3 is 0 Å². The molecule has 0 aromatic heterocycles. The van der Waals surface area contributed by atoms with Crippen molar-refractivity contribution in [1.29, 1.82) is 0 Å². The molecule has 0 radical (unpaired) electrons. The van der Waals surface area contributed by atoms with Crippen LogP contribution in [0.25, 0.3) is 0 Å². The molecular formula is C20H34O2. The summed E-state index contributed by atoms with van der Waals surface area (Å²) >= 11 is 0. The Balaban J connectivity index is 1.94. The number of fused-ring (bicyclic) bond motifs is 3. The van der Waals surface area contributed by atoms with E-state index in [9.17, 15) is 10.2 Å². The first-order chi connectivity index (χ1) is 10.2. The van der Waals surface area contributed by atoms with E-state index >= 15 is 0 Å². The highest BCUT2D eigenvalue weighted by atomic mass is 16.3. The van der Waals surface area contributed by atoms with Crippen molar-refractivity contribution in [3.63, 3.8) is 0 Å². The number of allylic oxidation sites excluding steroid dienone is 1. The molecule has 0 unspecified atom stereocenters. The summed E-state index contributed by atoms with van der Waals surface area (Å²) < 4.78 is 0. The van der Waals surface area contributed by atoms with Gasteiger partial charge in [-0.1, -0.05) is 33.3 Å². The van der Waals surface area contributed by atoms with Crippen molar-refractivity contribution in [1.82, 2.24) is 0 Å². The van der Waals surface area contributed by atoms with Crippen LogP contribution >= 0.6 is 0 Å². The Labute approximate surface area is 136 Å². The highest BCUT2D eigenvalue weighted by Crippen LogP contribution is 2.66. The normalized spacial score (nSPS) is 55.1. The van der Waals surface area contributed by atoms with Gasteiger partial charge in [-0.2, -0.15) is 0 Å². The lowest BCUT2D eigenvalue weighted by molar-refractivity contribution is -0.210. The number of aliphatic hydroxyl groups excluding tert-OH is 1. The molecule has 0 aromatic carbocycles. The van der Waals surface area contributed by atoms with Crippen LogP contribution in [0.3, 0.4) is 0 Å². The summed E-state index contributed by atoms with van der Waals surface area (Å²) in [5.41, 5.74) is -0.206. The quantitative estimate of drug-likeness (QED) is 0.746. The van der Waals surface area contributed by atoms with E-state index in [2.05, 4.69) is 33.4 Å². The second kappa shape index (κ2) is 5.08. The zero-order chi connectivity index (χ0) is 16.2. The molecule has 2 nitrogen and oxygen atoms in total. The molecule has 22 heavy (non-hydrogen) atoms. The van der Waals surface area contributed by atoms with Crippen molar-refractivity contribution in [3.05, 3.63) is 12.7 Å². The van der Waals surface area contributed by atoms with E-state index in [4.69, 9.17) is 0 Å². The minimum absolute atomic E-state index is 0.0491. The third kappa shape index (κ3) is 2.21. The topological polar surface area (TPSA) is 40.5 Å². The number of hydrogen-bond donors (Lipinski definition) is 2. The molecule has 6 atom stereocenters. The predicted octanol–water partition coefficient (Wildman–Crippen LogP) is 4.31. The Morgan fingerprint density at radius 2 is 1.73 bits per heavy atom. The largest absolute Gasteiger partial charge is 0.396 e. The molecule has 0 bridgehead atoms. The number of hydrogen-bond acceptors (Lipinski definition) is 2. The minimum Gasteiger partial charge on any atom is -0.396 e. The van der Waals surface area contributed by atoms with Crippen molar-refractivity contribution >= 4 is 0 Å². The lowest BCUT2D eigenvalue weighted by Gasteiger charge is -2.64. The summed E-state index contributed by atoms with van der Waals surface area (Å²) in [6, 6.07) is 0. The van der Waals surface area contributed by atoms with Gasteiger partial charge < -0.3 is 10.2 Å². The molecule has 2 heteroatoms. The van der Waals surface area contributed by atoms with Gasteiger partial charge in [0.1, 0.15) is 0 Å². The Kier molecular flexibility index (Phi) is 3.81. The number of rotatable bonds is 2. The van der Waals surface area contributed by atoms with Gasteiger partial charge in [-0.15, -0.1) is 6.58 Å². The van der Waals surface area contributed by atoms with Gasteiger partial charge in [-0.25, -0.2) is 0 Å². The van der Waals surface area contributed by atoms with Crippen molar-refractivity contribution < 1.29 is 10.2 Å². The molecule has 2 N–H and O–H groups in total. The van der Waals surface area contributed by atoms with Crippen LogP contribution in [0.5, 0.6) is 0 Å². The SMILES string of the molecule is C=C[C@@]1(C)CC[C@@H]2[C@](O)(CC[C@@H]3[C@](C)(CO)CCC[C@]32C)C1. The summed E-state index contributed by atoms with van der Waals surface area (Å²) in [4.78, 5) is 0. The van der Waals surface area contributed by atoms with Gasteiger partial charge in [0.05, 0.1) is 5.60 Å². The van der Waals surface area contributed by atoms with E-state index in [1.807, 2.05) is 0 Å². The highest BCUT2D eigenvalue weighted by molar-refractivity contribution is 5.14. The molecule has 3 fully saturated rings. The lowest BCUT2D eigenvalue weighted by Crippen LogP contribution is -2.62. The van der Waals surface area contributed by atoms with Gasteiger partial charge in [-0.05, 0) is 73.0 Å². The molecule has 0 heterocycles. The molecule has 3 aliphatic rings. The molecule has 0 spiro atoms. The Morgan fingerprint density at radius 3 is 2.36 bits per heavy atom. The zero-order valence-corrected chi connectivity index (χ0v) is 14.7. The highest BCUT2D eigenvalue weighted by Gasteiger charge is 2.62. The Hall–Kier alpha value is -0.340.